The Morgan fingerprint density at radius 1 is 0.571 bits per heavy atom. The first-order chi connectivity index (χ1) is 4.00. The van der Waals surface area contributed by atoms with E-state index in [-0.39, 0.29) is 75.8 Å². The fraction of sp³-hybridized carbons (Fsp3) is 0. The van der Waals surface area contributed by atoms with Gasteiger partial charge in [0, 0.05) is 58.4 Å². The van der Waals surface area contributed by atoms with Crippen molar-refractivity contribution in [1.82, 2.24) is 0 Å². The second-order valence-electron chi connectivity index (χ2n) is 1.03. The first-order valence-corrected chi connectivity index (χ1v) is 4.70. The van der Waals surface area contributed by atoms with Crippen LogP contribution < -0.4 is 0 Å². The van der Waals surface area contributed by atoms with Crippen molar-refractivity contribution in [2.75, 3.05) is 0 Å². The third kappa shape index (κ3) is 395. The molecule has 0 saturated heterocycles. The maximum Gasteiger partial charge on any atom is 0.466 e. The first-order valence-electron chi connectivity index (χ1n) is 1.57. The summed E-state index contributed by atoms with van der Waals surface area (Å²) in [5, 5.41) is 0. The molecular weight excluding hydrogens is 413 g/mol. The maximum atomic E-state index is 8.88. The van der Waals surface area contributed by atoms with Gasteiger partial charge in [-0.3, -0.25) is 0 Å². The van der Waals surface area contributed by atoms with E-state index in [4.69, 9.17) is 38.5 Å². The zero-order valence-corrected chi connectivity index (χ0v) is 17.2. The smallest absolute Gasteiger partial charge is 0.303 e. The molecule has 0 aromatic heterocycles. The van der Waals surface area contributed by atoms with Crippen LogP contribution in [0.5, 0.6) is 0 Å². The molecule has 0 rings (SSSR count). The van der Waals surface area contributed by atoms with Crippen LogP contribution in [0.15, 0.2) is 0 Å². The Morgan fingerprint density at radius 2 is 0.571 bits per heavy atom. The molecule has 76 valence electrons. The third-order valence-electron chi connectivity index (χ3n) is 0. The molecule has 14 heavy (non-hydrogen) atoms. The fourth-order valence-corrected chi connectivity index (χ4v) is 0. The molecule has 0 unspecified atom stereocenters. The zero-order chi connectivity index (χ0) is 9.00. The minimum absolute atomic E-state index is 0. The molecule has 0 aliphatic rings. The van der Waals surface area contributed by atoms with Gasteiger partial charge >= 0.3 is 15.6 Å². The van der Waals surface area contributed by atoms with Crippen LogP contribution in [0.4, 0.5) is 0 Å². The summed E-state index contributed by atoms with van der Waals surface area (Å²) in [6.07, 6.45) is 0. The molecule has 0 fully saturated rings. The van der Waals surface area contributed by atoms with E-state index in [1.165, 1.54) is 0 Å². The minimum Gasteiger partial charge on any atom is -0.303 e. The molecule has 0 aromatic rings. The van der Waals surface area contributed by atoms with Crippen molar-refractivity contribution in [3.63, 3.8) is 0 Å². The van der Waals surface area contributed by atoms with Crippen molar-refractivity contribution >= 4 is 33.0 Å². The molecule has 14 heteroatoms. The molecule has 0 aliphatic carbocycles. The van der Waals surface area contributed by atoms with Gasteiger partial charge < -0.3 is 29.4 Å². The third-order valence-corrected chi connectivity index (χ3v) is 0. The molecule has 0 heterocycles. The van der Waals surface area contributed by atoms with Crippen molar-refractivity contribution in [1.29, 1.82) is 0 Å². The van der Waals surface area contributed by atoms with E-state index < -0.39 is 15.6 Å². The van der Waals surface area contributed by atoms with Gasteiger partial charge in [-0.05, 0) is 0 Å². The summed E-state index contributed by atoms with van der Waals surface area (Å²) in [5.41, 5.74) is 0. The van der Waals surface area contributed by atoms with Gasteiger partial charge in [-0.1, -0.05) is 0 Å². The van der Waals surface area contributed by atoms with Crippen LogP contribution in [0.25, 0.3) is 0 Å². The number of hydrogen-bond donors (Lipinski definition) is 6. The normalized spacial score (nSPS) is 8.43. The van der Waals surface area contributed by atoms with E-state index in [2.05, 4.69) is 0 Å². The monoisotopic (exact) mass is 418 g/mol. The van der Waals surface area contributed by atoms with E-state index in [0.717, 1.165) is 0 Å². The summed E-state index contributed by atoms with van der Waals surface area (Å²) in [6, 6.07) is 0. The molecule has 8 nitrogen and oxygen atoms in total. The quantitative estimate of drug-likeness (QED) is 0.178. The van der Waals surface area contributed by atoms with E-state index in [9.17, 15) is 0 Å². The molecule has 0 aliphatic heterocycles. The molecule has 0 atom stereocenters. The van der Waals surface area contributed by atoms with Gasteiger partial charge in [0.25, 0.3) is 0 Å². The van der Waals surface area contributed by atoms with E-state index in [0.29, 0.717) is 0 Å². The van der Waals surface area contributed by atoms with Gasteiger partial charge in [0.2, 0.25) is 0 Å². The first kappa shape index (κ1) is 36.0. The van der Waals surface area contributed by atoms with Crippen LogP contribution in [-0.4, -0.2) is 46.7 Å². The molecule has 0 amide bonds. The Hall–Kier alpha value is 2.62. The standard InChI is InChI=1S/Al.2H3O4P.3Zn.3H/c;2*1-5(2,3)4;;;;;;/h;2*(H3,1,2,3,4);;;;;;. The molecule has 0 aromatic carbocycles. The largest absolute Gasteiger partial charge is 0.466 e. The zero-order valence-electron chi connectivity index (χ0n) is 6.52. The summed E-state index contributed by atoms with van der Waals surface area (Å²) in [5.74, 6) is 0. The molecule has 6 N–H and O–H groups in total. The average molecular weight is 422 g/mol. The van der Waals surface area contributed by atoms with Crippen LogP contribution in [-0.2, 0) is 67.6 Å². The van der Waals surface area contributed by atoms with Gasteiger partial charge in [0.15, 0.2) is 17.4 Å². The van der Waals surface area contributed by atoms with Crippen molar-refractivity contribution < 1.29 is 96.9 Å². The van der Waals surface area contributed by atoms with Crippen molar-refractivity contribution in [2.45, 2.75) is 0 Å². The minimum atomic E-state index is -4.64. The fourth-order valence-electron chi connectivity index (χ4n) is 0. The van der Waals surface area contributed by atoms with Crippen molar-refractivity contribution in [3.05, 3.63) is 0 Å². The number of phosphoric acid groups is 2. The Kier molecular flexibility index (Phi) is 40.1. The van der Waals surface area contributed by atoms with E-state index in [1.807, 2.05) is 0 Å². The average Bonchev–Trinajstić information content (AvgIpc) is 1.12. The predicted molar refractivity (Wildman–Crippen MR) is 38.5 cm³/mol. The predicted octanol–water partition coefficient (Wildman–Crippen LogP) is -3.05. The van der Waals surface area contributed by atoms with E-state index >= 15 is 0 Å². The van der Waals surface area contributed by atoms with Crippen LogP contribution >= 0.6 is 15.6 Å². The van der Waals surface area contributed by atoms with Crippen molar-refractivity contribution in [2.24, 2.45) is 0 Å². The Bertz CT molecular complexity index is 135. The summed E-state index contributed by atoms with van der Waals surface area (Å²) in [7, 11) is -9.28. The summed E-state index contributed by atoms with van der Waals surface area (Å²) in [6.45, 7) is 0. The van der Waals surface area contributed by atoms with Crippen LogP contribution in [0, 0.1) is 0 Å². The summed E-state index contributed by atoms with van der Waals surface area (Å²) >= 11 is 0. The van der Waals surface area contributed by atoms with Gasteiger partial charge in [-0.25, -0.2) is 9.13 Å². The summed E-state index contributed by atoms with van der Waals surface area (Å²) in [4.78, 5) is 43.1. The second kappa shape index (κ2) is 15.6. The van der Waals surface area contributed by atoms with Crippen LogP contribution in [0.3, 0.4) is 0 Å². The van der Waals surface area contributed by atoms with Gasteiger partial charge in [-0.2, -0.15) is 0 Å². The number of rotatable bonds is 0. The SMILES string of the molecule is O=P(O)(O)O.O=P(O)(O)O.[AlH3].[Zn].[Zn].[Zn]. The topological polar surface area (TPSA) is 156 Å². The molecule has 0 saturated carbocycles. The molecule has 0 spiro atoms. The second-order valence-corrected chi connectivity index (χ2v) is 3.08. The van der Waals surface area contributed by atoms with Gasteiger partial charge in [0.1, 0.15) is 0 Å². The van der Waals surface area contributed by atoms with Crippen molar-refractivity contribution in [3.8, 4) is 0 Å². The van der Waals surface area contributed by atoms with Gasteiger partial charge in [-0.15, -0.1) is 0 Å². The Morgan fingerprint density at radius 3 is 0.571 bits per heavy atom. The summed E-state index contributed by atoms with van der Waals surface area (Å²) < 4.78 is 17.8. The Labute approximate surface area is 129 Å². The number of hydrogen-bond acceptors (Lipinski definition) is 2. The molecular formula is H9AlO8P2Zn3. The van der Waals surface area contributed by atoms with Gasteiger partial charge in [0.05, 0.1) is 0 Å². The molecule has 0 radical (unpaired) electrons. The maximum absolute atomic E-state index is 8.88. The Balaban J connectivity index is -0.0000000178. The van der Waals surface area contributed by atoms with Crippen LogP contribution in [0.2, 0.25) is 0 Å². The van der Waals surface area contributed by atoms with E-state index in [1.54, 1.807) is 0 Å². The van der Waals surface area contributed by atoms with Crippen LogP contribution in [0.1, 0.15) is 0 Å². The molecule has 0 bridgehead atoms.